The number of nitrogens with zero attached hydrogens (tertiary/aromatic N) is 1. The molecule has 0 aromatic heterocycles. The van der Waals surface area contributed by atoms with E-state index < -0.39 is 6.10 Å². The maximum atomic E-state index is 10.7. The highest BCUT2D eigenvalue weighted by atomic mass is 32.2. The number of morpholine rings is 1. The fourth-order valence-corrected chi connectivity index (χ4v) is 4.57. The van der Waals surface area contributed by atoms with Crippen molar-refractivity contribution in [3.8, 4) is 0 Å². The zero-order chi connectivity index (χ0) is 18.9. The van der Waals surface area contributed by atoms with Crippen LogP contribution in [0.15, 0.2) is 60.7 Å². The van der Waals surface area contributed by atoms with Gasteiger partial charge in [0.15, 0.2) is 0 Å². The molecule has 2 N–H and O–H groups in total. The highest BCUT2D eigenvalue weighted by Crippen LogP contribution is 2.37. The SMILES string of the molecule is OC(CSC(CC(O)c1ccccc1)c1ccccc1)CN1CCOCC1. The van der Waals surface area contributed by atoms with Crippen LogP contribution < -0.4 is 0 Å². The number of thioether (sulfide) groups is 1. The van der Waals surface area contributed by atoms with Gasteiger partial charge in [0.25, 0.3) is 0 Å². The van der Waals surface area contributed by atoms with E-state index in [1.807, 2.05) is 48.5 Å². The molecule has 0 radical (unpaired) electrons. The normalized spacial score (nSPS) is 18.7. The van der Waals surface area contributed by atoms with E-state index in [1.54, 1.807) is 11.8 Å². The highest BCUT2D eigenvalue weighted by Gasteiger charge is 2.21. The molecule has 3 unspecified atom stereocenters. The summed E-state index contributed by atoms with van der Waals surface area (Å²) in [7, 11) is 0. The van der Waals surface area contributed by atoms with Crippen LogP contribution in [0.1, 0.15) is 28.9 Å². The number of aliphatic hydroxyl groups is 2. The van der Waals surface area contributed by atoms with E-state index in [0.717, 1.165) is 31.9 Å². The van der Waals surface area contributed by atoms with Gasteiger partial charge in [-0.3, -0.25) is 4.90 Å². The molecule has 0 bridgehead atoms. The van der Waals surface area contributed by atoms with Crippen LogP contribution in [0.3, 0.4) is 0 Å². The zero-order valence-corrected chi connectivity index (χ0v) is 16.4. The molecule has 2 aromatic rings. The monoisotopic (exact) mass is 387 g/mol. The lowest BCUT2D eigenvalue weighted by Gasteiger charge is -2.29. The molecule has 1 aliphatic heterocycles. The first-order valence-electron chi connectivity index (χ1n) is 9.60. The van der Waals surface area contributed by atoms with Crippen molar-refractivity contribution in [2.24, 2.45) is 0 Å². The summed E-state index contributed by atoms with van der Waals surface area (Å²) in [4.78, 5) is 2.26. The highest BCUT2D eigenvalue weighted by molar-refractivity contribution is 7.99. The van der Waals surface area contributed by atoms with Gasteiger partial charge < -0.3 is 14.9 Å². The Morgan fingerprint density at radius 3 is 2.11 bits per heavy atom. The summed E-state index contributed by atoms with van der Waals surface area (Å²) in [6.45, 7) is 3.94. The number of hydrogen-bond acceptors (Lipinski definition) is 5. The summed E-state index contributed by atoms with van der Waals surface area (Å²) < 4.78 is 5.37. The Kier molecular flexibility index (Phi) is 8.17. The van der Waals surface area contributed by atoms with Crippen molar-refractivity contribution >= 4 is 11.8 Å². The molecule has 5 heteroatoms. The summed E-state index contributed by atoms with van der Waals surface area (Å²) in [6, 6.07) is 20.1. The Morgan fingerprint density at radius 1 is 0.889 bits per heavy atom. The molecule has 0 spiro atoms. The minimum Gasteiger partial charge on any atom is -0.391 e. The third-order valence-electron chi connectivity index (χ3n) is 4.86. The number of hydrogen-bond donors (Lipinski definition) is 2. The first kappa shape index (κ1) is 20.4. The van der Waals surface area contributed by atoms with E-state index in [2.05, 4.69) is 17.0 Å². The first-order chi connectivity index (χ1) is 13.2. The minimum absolute atomic E-state index is 0.140. The molecule has 0 saturated carbocycles. The van der Waals surface area contributed by atoms with E-state index >= 15 is 0 Å². The first-order valence-corrected chi connectivity index (χ1v) is 10.6. The standard InChI is InChI=1S/C22H29NO3S/c24-20(16-23-11-13-26-14-12-23)17-27-22(19-9-5-2-6-10-19)15-21(25)18-7-3-1-4-8-18/h1-10,20-22,24-25H,11-17H2. The van der Waals surface area contributed by atoms with Gasteiger partial charge in [0.05, 0.1) is 25.4 Å². The molecule has 146 valence electrons. The number of aliphatic hydroxyl groups excluding tert-OH is 2. The molecule has 0 amide bonds. The average Bonchev–Trinajstić information content (AvgIpc) is 2.73. The fourth-order valence-electron chi connectivity index (χ4n) is 3.34. The maximum Gasteiger partial charge on any atom is 0.0803 e. The van der Waals surface area contributed by atoms with E-state index in [4.69, 9.17) is 4.74 Å². The van der Waals surface area contributed by atoms with Gasteiger partial charge in [-0.15, -0.1) is 0 Å². The van der Waals surface area contributed by atoms with Gasteiger partial charge in [0.2, 0.25) is 0 Å². The summed E-state index contributed by atoms with van der Waals surface area (Å²) >= 11 is 1.73. The van der Waals surface area contributed by atoms with Crippen LogP contribution in [0.25, 0.3) is 0 Å². The smallest absolute Gasteiger partial charge is 0.0803 e. The number of ether oxygens (including phenoxy) is 1. The molecule has 3 rings (SSSR count). The Morgan fingerprint density at radius 2 is 1.48 bits per heavy atom. The molecule has 0 aliphatic carbocycles. The van der Waals surface area contributed by atoms with Crippen LogP contribution in [0.4, 0.5) is 0 Å². The topological polar surface area (TPSA) is 52.9 Å². The molecule has 1 saturated heterocycles. The molecule has 27 heavy (non-hydrogen) atoms. The second kappa shape index (κ2) is 10.8. The Balaban J connectivity index is 1.58. The lowest BCUT2D eigenvalue weighted by atomic mass is 10.0. The minimum atomic E-state index is -0.514. The van der Waals surface area contributed by atoms with Gasteiger partial charge in [-0.25, -0.2) is 0 Å². The Labute approximate surface area is 166 Å². The molecule has 2 aromatic carbocycles. The second-order valence-corrected chi connectivity index (χ2v) is 8.20. The number of rotatable bonds is 9. The molecule has 3 atom stereocenters. The van der Waals surface area contributed by atoms with E-state index in [9.17, 15) is 10.2 Å². The molecular weight excluding hydrogens is 358 g/mol. The van der Waals surface area contributed by atoms with Crippen LogP contribution in [0.5, 0.6) is 0 Å². The van der Waals surface area contributed by atoms with E-state index in [0.29, 0.717) is 18.7 Å². The van der Waals surface area contributed by atoms with Crippen molar-refractivity contribution in [3.63, 3.8) is 0 Å². The zero-order valence-electron chi connectivity index (χ0n) is 15.6. The largest absolute Gasteiger partial charge is 0.391 e. The van der Waals surface area contributed by atoms with Crippen molar-refractivity contribution in [1.82, 2.24) is 4.90 Å². The number of β-amino-alcohol motifs (C(OH)–C–C–N with tert-alkyl or cyclic N) is 1. The summed E-state index contributed by atoms with van der Waals surface area (Å²) in [5.41, 5.74) is 2.13. The van der Waals surface area contributed by atoms with E-state index in [-0.39, 0.29) is 11.4 Å². The van der Waals surface area contributed by atoms with Crippen LogP contribution >= 0.6 is 11.8 Å². The van der Waals surface area contributed by atoms with Crippen LogP contribution in [-0.2, 0) is 4.74 Å². The summed E-state index contributed by atoms with van der Waals surface area (Å²) in [5.74, 6) is 0.651. The lowest BCUT2D eigenvalue weighted by molar-refractivity contribution is 0.0188. The van der Waals surface area contributed by atoms with Gasteiger partial charge in [-0.05, 0) is 17.5 Å². The molecular formula is C22H29NO3S. The number of benzene rings is 2. The quantitative estimate of drug-likeness (QED) is 0.692. The Bertz CT molecular complexity index is 649. The molecule has 1 aliphatic rings. The molecule has 4 nitrogen and oxygen atoms in total. The van der Waals surface area contributed by atoms with Crippen molar-refractivity contribution in [2.45, 2.75) is 23.9 Å². The van der Waals surface area contributed by atoms with Gasteiger partial charge >= 0.3 is 0 Å². The predicted octanol–water partition coefficient (Wildman–Crippen LogP) is 3.28. The fraction of sp³-hybridized carbons (Fsp3) is 0.455. The van der Waals surface area contributed by atoms with Crippen molar-refractivity contribution in [2.75, 3.05) is 38.6 Å². The van der Waals surface area contributed by atoms with Crippen molar-refractivity contribution < 1.29 is 14.9 Å². The third-order valence-corrected chi connectivity index (χ3v) is 6.30. The van der Waals surface area contributed by atoms with Crippen LogP contribution in [0.2, 0.25) is 0 Å². The average molecular weight is 388 g/mol. The second-order valence-electron chi connectivity index (χ2n) is 6.96. The van der Waals surface area contributed by atoms with Gasteiger partial charge in [0, 0.05) is 30.6 Å². The Hall–Kier alpha value is -1.37. The van der Waals surface area contributed by atoms with Crippen LogP contribution in [-0.4, -0.2) is 59.8 Å². The van der Waals surface area contributed by atoms with Crippen LogP contribution in [0, 0.1) is 0 Å². The third kappa shape index (κ3) is 6.63. The van der Waals surface area contributed by atoms with E-state index in [1.165, 1.54) is 5.56 Å². The molecule has 1 heterocycles. The summed E-state index contributed by atoms with van der Waals surface area (Å²) in [5, 5.41) is 21.3. The summed E-state index contributed by atoms with van der Waals surface area (Å²) in [6.07, 6.45) is -0.267. The lowest BCUT2D eigenvalue weighted by Crippen LogP contribution is -2.41. The van der Waals surface area contributed by atoms with Gasteiger partial charge in [-0.2, -0.15) is 11.8 Å². The van der Waals surface area contributed by atoms with Crippen molar-refractivity contribution in [3.05, 3.63) is 71.8 Å². The molecule has 1 fully saturated rings. The van der Waals surface area contributed by atoms with Crippen molar-refractivity contribution in [1.29, 1.82) is 0 Å². The predicted molar refractivity (Wildman–Crippen MR) is 111 cm³/mol. The maximum absolute atomic E-state index is 10.7. The van der Waals surface area contributed by atoms with Gasteiger partial charge in [-0.1, -0.05) is 60.7 Å². The van der Waals surface area contributed by atoms with Gasteiger partial charge in [0.1, 0.15) is 0 Å².